The lowest BCUT2D eigenvalue weighted by atomic mass is 10.1. The minimum absolute atomic E-state index is 0.0297. The van der Waals surface area contributed by atoms with Crippen LogP contribution in [0, 0.1) is 5.82 Å². The second-order valence-electron chi connectivity index (χ2n) is 5.22. The van der Waals surface area contributed by atoms with Crippen molar-refractivity contribution in [3.05, 3.63) is 50.9 Å². The minimum atomic E-state index is -1.03. The maximum atomic E-state index is 13.2. The van der Waals surface area contributed by atoms with Crippen molar-refractivity contribution in [1.82, 2.24) is 14.3 Å². The van der Waals surface area contributed by atoms with Crippen LogP contribution in [0.25, 0.3) is 0 Å². The number of hydrogen-bond donors (Lipinski definition) is 1. The Labute approximate surface area is 129 Å². The van der Waals surface area contributed by atoms with Crippen LogP contribution in [0.4, 0.5) is 4.39 Å². The summed E-state index contributed by atoms with van der Waals surface area (Å²) in [7, 11) is 0. The number of fused-ring (bicyclic) bond motifs is 1. The molecule has 1 aromatic carbocycles. The van der Waals surface area contributed by atoms with Crippen molar-refractivity contribution in [2.24, 2.45) is 0 Å². The number of aromatic nitrogens is 3. The summed E-state index contributed by atoms with van der Waals surface area (Å²) in [6.07, 6.45) is 1.66. The molecule has 0 unspecified atom stereocenters. The highest BCUT2D eigenvalue weighted by Crippen LogP contribution is 2.22. The molecule has 0 radical (unpaired) electrons. The molecule has 6 nitrogen and oxygen atoms in total. The zero-order valence-corrected chi connectivity index (χ0v) is 12.3. The van der Waals surface area contributed by atoms with Crippen LogP contribution in [-0.4, -0.2) is 25.4 Å². The lowest BCUT2D eigenvalue weighted by molar-refractivity contribution is -0.141. The molecule has 116 valence electrons. The fourth-order valence-electron chi connectivity index (χ4n) is 2.68. The quantitative estimate of drug-likeness (QED) is 0.934. The van der Waals surface area contributed by atoms with Crippen LogP contribution >= 0.6 is 11.6 Å². The topological polar surface area (TPSA) is 77.1 Å². The van der Waals surface area contributed by atoms with Crippen LogP contribution in [0.3, 0.4) is 0 Å². The van der Waals surface area contributed by atoms with Crippen LogP contribution in [0.5, 0.6) is 0 Å². The minimum Gasteiger partial charge on any atom is -0.480 e. The molecule has 0 aliphatic carbocycles. The molecule has 0 amide bonds. The summed E-state index contributed by atoms with van der Waals surface area (Å²) in [6, 6.07) is 3.29. The van der Waals surface area contributed by atoms with Crippen molar-refractivity contribution in [1.29, 1.82) is 0 Å². The second kappa shape index (κ2) is 5.57. The SMILES string of the molecule is O=C(O)[C@@H]1CCCc2nn(Cc3ccc(F)c(Cl)c3)c(=O)n21. The zero-order chi connectivity index (χ0) is 15.9. The summed E-state index contributed by atoms with van der Waals surface area (Å²) < 4.78 is 15.6. The standard InChI is InChI=1S/C14H13ClFN3O3/c15-9-6-8(4-5-10(9)16)7-18-14(22)19-11(13(20)21)2-1-3-12(19)17-18/h4-6,11H,1-3,7H2,(H,20,21)/t11-/m0/s1. The number of rotatable bonds is 3. The Hall–Kier alpha value is -2.15. The van der Waals surface area contributed by atoms with Crippen molar-refractivity contribution in [3.63, 3.8) is 0 Å². The zero-order valence-electron chi connectivity index (χ0n) is 11.5. The predicted molar refractivity (Wildman–Crippen MR) is 76.6 cm³/mol. The van der Waals surface area contributed by atoms with Crippen molar-refractivity contribution in [2.45, 2.75) is 31.8 Å². The van der Waals surface area contributed by atoms with Crippen molar-refractivity contribution >= 4 is 17.6 Å². The number of nitrogens with zero attached hydrogens (tertiary/aromatic N) is 3. The molecule has 0 fully saturated rings. The van der Waals surface area contributed by atoms with Crippen LogP contribution in [-0.2, 0) is 17.8 Å². The van der Waals surface area contributed by atoms with E-state index in [1.807, 2.05) is 0 Å². The van der Waals surface area contributed by atoms with Crippen molar-refractivity contribution < 1.29 is 14.3 Å². The number of benzene rings is 1. The Morgan fingerprint density at radius 3 is 2.95 bits per heavy atom. The van der Waals surface area contributed by atoms with Crippen LogP contribution in [0.15, 0.2) is 23.0 Å². The average molecular weight is 326 g/mol. The third-order valence-corrected chi connectivity index (χ3v) is 4.02. The molecule has 1 aliphatic heterocycles. The first kappa shape index (κ1) is 14.8. The summed E-state index contributed by atoms with van der Waals surface area (Å²) in [5.41, 5.74) is 0.151. The van der Waals surface area contributed by atoms with Gasteiger partial charge in [-0.3, -0.25) is 4.57 Å². The summed E-state index contributed by atoms with van der Waals surface area (Å²) in [5.74, 6) is -1.10. The van der Waals surface area contributed by atoms with E-state index in [4.69, 9.17) is 11.6 Å². The van der Waals surface area contributed by atoms with Gasteiger partial charge in [0, 0.05) is 6.42 Å². The number of carbonyl (C=O) groups is 1. The van der Waals surface area contributed by atoms with Crippen LogP contribution < -0.4 is 5.69 Å². The smallest absolute Gasteiger partial charge is 0.347 e. The highest BCUT2D eigenvalue weighted by molar-refractivity contribution is 6.30. The molecule has 2 heterocycles. The molecule has 1 aromatic heterocycles. The van der Waals surface area contributed by atoms with Gasteiger partial charge < -0.3 is 5.11 Å². The first-order valence-electron chi connectivity index (χ1n) is 6.82. The van der Waals surface area contributed by atoms with Gasteiger partial charge in [-0.05, 0) is 30.5 Å². The van der Waals surface area contributed by atoms with Gasteiger partial charge in [0.15, 0.2) is 0 Å². The van der Waals surface area contributed by atoms with Crippen molar-refractivity contribution in [3.8, 4) is 0 Å². The molecule has 1 N–H and O–H groups in total. The molecule has 1 aliphatic rings. The number of aliphatic carboxylic acids is 1. The van der Waals surface area contributed by atoms with Gasteiger partial charge in [-0.15, -0.1) is 0 Å². The Bertz CT molecular complexity index is 799. The lowest BCUT2D eigenvalue weighted by Gasteiger charge is -2.19. The van der Waals surface area contributed by atoms with E-state index in [0.717, 1.165) is 0 Å². The fraction of sp³-hybridized carbons (Fsp3) is 0.357. The molecular formula is C14H13ClFN3O3. The number of aryl methyl sites for hydroxylation is 1. The molecule has 0 saturated heterocycles. The maximum Gasteiger partial charge on any atom is 0.347 e. The number of carboxylic acid groups (broad SMARTS) is 1. The van der Waals surface area contributed by atoms with Gasteiger partial charge in [-0.2, -0.15) is 5.10 Å². The Morgan fingerprint density at radius 1 is 1.50 bits per heavy atom. The van der Waals surface area contributed by atoms with E-state index in [0.29, 0.717) is 30.7 Å². The first-order valence-corrected chi connectivity index (χ1v) is 7.20. The van der Waals surface area contributed by atoms with Gasteiger partial charge in [-0.25, -0.2) is 18.7 Å². The third-order valence-electron chi connectivity index (χ3n) is 3.73. The summed E-state index contributed by atoms with van der Waals surface area (Å²) >= 11 is 5.72. The van der Waals surface area contributed by atoms with Crippen molar-refractivity contribution in [2.75, 3.05) is 0 Å². The number of carboxylic acids is 1. The number of hydrogen-bond acceptors (Lipinski definition) is 3. The lowest BCUT2D eigenvalue weighted by Crippen LogP contribution is -2.34. The largest absolute Gasteiger partial charge is 0.480 e. The van der Waals surface area contributed by atoms with Crippen LogP contribution in [0.1, 0.15) is 30.3 Å². The van der Waals surface area contributed by atoms with Gasteiger partial charge >= 0.3 is 11.7 Å². The van der Waals surface area contributed by atoms with E-state index < -0.39 is 23.5 Å². The van der Waals surface area contributed by atoms with E-state index in [1.54, 1.807) is 0 Å². The molecule has 0 saturated carbocycles. The monoisotopic (exact) mass is 325 g/mol. The first-order chi connectivity index (χ1) is 10.5. The molecule has 0 bridgehead atoms. The van der Waals surface area contributed by atoms with E-state index in [-0.39, 0.29) is 11.6 Å². The molecular weight excluding hydrogens is 313 g/mol. The number of halogens is 2. The summed E-state index contributed by atoms with van der Waals surface area (Å²) in [6.45, 7) is 0.116. The highest BCUT2D eigenvalue weighted by atomic mass is 35.5. The maximum absolute atomic E-state index is 13.2. The van der Waals surface area contributed by atoms with Gasteiger partial charge in [-0.1, -0.05) is 17.7 Å². The van der Waals surface area contributed by atoms with E-state index in [2.05, 4.69) is 5.10 Å². The van der Waals surface area contributed by atoms with Gasteiger partial charge in [0.1, 0.15) is 17.7 Å². The van der Waals surface area contributed by atoms with Gasteiger partial charge in [0.05, 0.1) is 11.6 Å². The van der Waals surface area contributed by atoms with E-state index >= 15 is 0 Å². The van der Waals surface area contributed by atoms with E-state index in [9.17, 15) is 19.1 Å². The third kappa shape index (κ3) is 2.52. The molecule has 0 spiro atoms. The predicted octanol–water partition coefficient (Wildman–Crippen LogP) is 1.85. The summed E-state index contributed by atoms with van der Waals surface area (Å²) in [5, 5.41) is 13.4. The summed E-state index contributed by atoms with van der Waals surface area (Å²) in [4.78, 5) is 23.6. The Morgan fingerprint density at radius 2 is 2.27 bits per heavy atom. The normalized spacial score (nSPS) is 17.3. The molecule has 2 aromatic rings. The Balaban J connectivity index is 1.97. The van der Waals surface area contributed by atoms with Gasteiger partial charge in [0.25, 0.3) is 0 Å². The Kier molecular flexibility index (Phi) is 3.74. The molecule has 1 atom stereocenters. The van der Waals surface area contributed by atoms with Crippen LogP contribution in [0.2, 0.25) is 5.02 Å². The second-order valence-corrected chi connectivity index (χ2v) is 5.63. The van der Waals surface area contributed by atoms with E-state index in [1.165, 1.54) is 27.4 Å². The molecule has 8 heteroatoms. The molecule has 3 rings (SSSR count). The average Bonchev–Trinajstić information content (AvgIpc) is 2.79. The molecule has 22 heavy (non-hydrogen) atoms. The fourth-order valence-corrected chi connectivity index (χ4v) is 2.88. The highest BCUT2D eigenvalue weighted by Gasteiger charge is 2.30. The van der Waals surface area contributed by atoms with Gasteiger partial charge in [0.2, 0.25) is 0 Å².